The van der Waals surface area contributed by atoms with Crippen LogP contribution in [-0.2, 0) is 19.1 Å². The number of benzene rings is 4. The van der Waals surface area contributed by atoms with Gasteiger partial charge in [0.2, 0.25) is 0 Å². The first kappa shape index (κ1) is 25.3. The number of fused-ring (bicyclic) bond motifs is 2. The zero-order valence-corrected chi connectivity index (χ0v) is 20.2. The molecular weight excluding hydrogens is 476 g/mol. The third kappa shape index (κ3) is 5.25. The number of nitro groups is 1. The van der Waals surface area contributed by atoms with E-state index in [2.05, 4.69) is 5.32 Å². The van der Waals surface area contributed by atoms with Crippen molar-refractivity contribution in [3.05, 3.63) is 100 Å². The number of hydrogen-bond donors (Lipinski definition) is 1. The van der Waals surface area contributed by atoms with Crippen molar-refractivity contribution in [2.24, 2.45) is 0 Å². The molecule has 0 saturated heterocycles. The molecular formula is C28H24N2O7. The lowest BCUT2D eigenvalue weighted by molar-refractivity contribution is -0.384. The van der Waals surface area contributed by atoms with Crippen molar-refractivity contribution in [2.45, 2.75) is 18.4 Å². The Balaban J connectivity index is 1.81. The molecule has 2 atom stereocenters. The summed E-state index contributed by atoms with van der Waals surface area (Å²) in [7, 11) is 2.39. The van der Waals surface area contributed by atoms with E-state index in [4.69, 9.17) is 9.47 Å². The zero-order chi connectivity index (χ0) is 26.5. The molecule has 0 radical (unpaired) electrons. The van der Waals surface area contributed by atoms with E-state index >= 15 is 0 Å². The fourth-order valence-electron chi connectivity index (χ4n) is 4.46. The van der Waals surface area contributed by atoms with E-state index in [-0.39, 0.29) is 12.1 Å². The van der Waals surface area contributed by atoms with Gasteiger partial charge in [0, 0.05) is 18.1 Å². The fraction of sp³-hybridized carbons (Fsp3) is 0.179. The quantitative estimate of drug-likeness (QED) is 0.163. The summed E-state index contributed by atoms with van der Waals surface area (Å²) in [5.41, 5.74) is 0.652. The molecule has 1 N–H and O–H groups in total. The number of rotatable bonds is 8. The third-order valence-corrected chi connectivity index (χ3v) is 6.29. The number of hydrogen-bond acceptors (Lipinski definition) is 7. The van der Waals surface area contributed by atoms with Crippen LogP contribution in [0, 0.1) is 10.1 Å². The lowest BCUT2D eigenvalue weighted by Gasteiger charge is -2.26. The predicted molar refractivity (Wildman–Crippen MR) is 137 cm³/mol. The minimum Gasteiger partial charge on any atom is -0.469 e. The second-order valence-corrected chi connectivity index (χ2v) is 8.40. The van der Waals surface area contributed by atoms with Gasteiger partial charge in [-0.15, -0.1) is 0 Å². The monoisotopic (exact) mass is 500 g/mol. The van der Waals surface area contributed by atoms with Gasteiger partial charge in [-0.1, -0.05) is 60.7 Å². The van der Waals surface area contributed by atoms with E-state index in [1.54, 1.807) is 0 Å². The number of amides is 1. The predicted octanol–water partition coefficient (Wildman–Crippen LogP) is 4.52. The largest absolute Gasteiger partial charge is 0.469 e. The Morgan fingerprint density at radius 3 is 1.95 bits per heavy atom. The molecule has 0 aromatic heterocycles. The van der Waals surface area contributed by atoms with Crippen molar-refractivity contribution in [3.8, 4) is 0 Å². The standard InChI is InChI=1S/C28H24N2O7/c1-36-24(31)16-23(17-11-13-20(14-12-17)30(34)35)26(28(33)37-2)29-27(32)25-21-9-5-3-7-18(21)15-19-8-4-6-10-22(19)25/h3-15,23,26H,16H2,1-2H3,(H,29,32)/t23-,26-/m0/s1. The van der Waals surface area contributed by atoms with Gasteiger partial charge in [0.15, 0.2) is 0 Å². The van der Waals surface area contributed by atoms with E-state index in [1.807, 2.05) is 54.6 Å². The maximum Gasteiger partial charge on any atom is 0.329 e. The Bertz CT molecular complexity index is 1440. The van der Waals surface area contributed by atoms with Gasteiger partial charge in [0.05, 0.1) is 31.1 Å². The first-order valence-corrected chi connectivity index (χ1v) is 11.4. The van der Waals surface area contributed by atoms with E-state index in [0.29, 0.717) is 21.9 Å². The highest BCUT2D eigenvalue weighted by Crippen LogP contribution is 2.31. The van der Waals surface area contributed by atoms with Crippen LogP contribution in [0.4, 0.5) is 5.69 Å². The van der Waals surface area contributed by atoms with Crippen LogP contribution in [0.15, 0.2) is 78.9 Å². The number of nitrogens with one attached hydrogen (secondary N) is 1. The summed E-state index contributed by atoms with van der Waals surface area (Å²) in [6, 6.07) is 21.0. The molecule has 0 unspecified atom stereocenters. The minimum absolute atomic E-state index is 0.151. The molecule has 0 bridgehead atoms. The number of methoxy groups -OCH3 is 2. The molecule has 0 fully saturated rings. The topological polar surface area (TPSA) is 125 Å². The molecule has 1 amide bonds. The Hall–Kier alpha value is -4.79. The van der Waals surface area contributed by atoms with Crippen molar-refractivity contribution >= 4 is 45.1 Å². The third-order valence-electron chi connectivity index (χ3n) is 6.29. The molecule has 0 aliphatic carbocycles. The molecule has 188 valence electrons. The van der Waals surface area contributed by atoms with Crippen LogP contribution in [0.2, 0.25) is 0 Å². The second kappa shape index (κ2) is 10.9. The normalized spacial score (nSPS) is 12.5. The molecule has 37 heavy (non-hydrogen) atoms. The van der Waals surface area contributed by atoms with Gasteiger partial charge in [0.25, 0.3) is 11.6 Å². The number of nitro benzene ring substituents is 1. The number of carbonyl (C=O) groups is 3. The molecule has 4 rings (SSSR count). The number of carbonyl (C=O) groups excluding carboxylic acids is 3. The molecule has 4 aromatic rings. The van der Waals surface area contributed by atoms with Crippen molar-refractivity contribution in [2.75, 3.05) is 14.2 Å². The zero-order valence-electron chi connectivity index (χ0n) is 20.2. The van der Waals surface area contributed by atoms with E-state index in [1.165, 1.54) is 38.5 Å². The van der Waals surface area contributed by atoms with Crippen LogP contribution in [-0.4, -0.2) is 43.0 Å². The molecule has 0 heterocycles. The molecule has 4 aromatic carbocycles. The van der Waals surface area contributed by atoms with Crippen LogP contribution in [0.5, 0.6) is 0 Å². The number of esters is 2. The van der Waals surface area contributed by atoms with Gasteiger partial charge in [-0.05, 0) is 33.2 Å². The van der Waals surface area contributed by atoms with Crippen molar-refractivity contribution in [3.63, 3.8) is 0 Å². The highest BCUT2D eigenvalue weighted by molar-refractivity contribution is 6.18. The highest BCUT2D eigenvalue weighted by atomic mass is 16.6. The van der Waals surface area contributed by atoms with E-state index in [0.717, 1.165) is 10.8 Å². The minimum atomic E-state index is -1.28. The Labute approximate surface area is 212 Å². The summed E-state index contributed by atoms with van der Waals surface area (Å²) in [5.74, 6) is -2.83. The Morgan fingerprint density at radius 2 is 1.43 bits per heavy atom. The maximum absolute atomic E-state index is 13.8. The number of nitrogens with zero attached hydrogens (tertiary/aromatic N) is 1. The molecule has 0 spiro atoms. The van der Waals surface area contributed by atoms with Gasteiger partial charge < -0.3 is 14.8 Å². The Morgan fingerprint density at radius 1 is 0.865 bits per heavy atom. The first-order valence-electron chi connectivity index (χ1n) is 11.4. The second-order valence-electron chi connectivity index (χ2n) is 8.40. The fourth-order valence-corrected chi connectivity index (χ4v) is 4.46. The van der Waals surface area contributed by atoms with Gasteiger partial charge in [-0.2, -0.15) is 0 Å². The van der Waals surface area contributed by atoms with Gasteiger partial charge in [-0.25, -0.2) is 4.79 Å². The summed E-state index contributed by atoms with van der Waals surface area (Å²) in [6.45, 7) is 0. The van der Waals surface area contributed by atoms with E-state index < -0.39 is 34.7 Å². The van der Waals surface area contributed by atoms with Crippen LogP contribution in [0.25, 0.3) is 21.5 Å². The van der Waals surface area contributed by atoms with Crippen LogP contribution in [0.3, 0.4) is 0 Å². The number of non-ortho nitro benzene ring substituents is 1. The van der Waals surface area contributed by atoms with Crippen molar-refractivity contribution < 1.29 is 28.8 Å². The van der Waals surface area contributed by atoms with Crippen LogP contribution < -0.4 is 5.32 Å². The Kier molecular flexibility index (Phi) is 7.43. The summed E-state index contributed by atoms with van der Waals surface area (Å²) >= 11 is 0. The molecule has 0 aliphatic rings. The van der Waals surface area contributed by atoms with Gasteiger partial charge in [-0.3, -0.25) is 19.7 Å². The maximum atomic E-state index is 13.8. The summed E-state index contributed by atoms with van der Waals surface area (Å²) < 4.78 is 9.81. The summed E-state index contributed by atoms with van der Waals surface area (Å²) in [6.07, 6.45) is -0.273. The van der Waals surface area contributed by atoms with Crippen LogP contribution >= 0.6 is 0 Å². The molecule has 9 nitrogen and oxygen atoms in total. The van der Waals surface area contributed by atoms with Gasteiger partial charge in [0.1, 0.15) is 6.04 Å². The average molecular weight is 501 g/mol. The summed E-state index contributed by atoms with van der Waals surface area (Å²) in [4.78, 5) is 49.6. The first-order chi connectivity index (χ1) is 17.8. The van der Waals surface area contributed by atoms with Crippen molar-refractivity contribution in [1.29, 1.82) is 0 Å². The lowest BCUT2D eigenvalue weighted by atomic mass is 9.87. The average Bonchev–Trinajstić information content (AvgIpc) is 2.92. The summed E-state index contributed by atoms with van der Waals surface area (Å²) in [5, 5.41) is 17.0. The van der Waals surface area contributed by atoms with Gasteiger partial charge >= 0.3 is 11.9 Å². The molecule has 0 saturated carbocycles. The molecule has 9 heteroatoms. The smallest absolute Gasteiger partial charge is 0.329 e. The van der Waals surface area contributed by atoms with E-state index in [9.17, 15) is 24.5 Å². The molecule has 0 aliphatic heterocycles. The SMILES string of the molecule is COC(=O)C[C@@H](c1ccc([N+](=O)[O-])cc1)[C@H](NC(=O)c1c2ccccc2cc2ccccc12)C(=O)OC. The van der Waals surface area contributed by atoms with Crippen LogP contribution in [0.1, 0.15) is 28.3 Å². The number of ether oxygens (including phenoxy) is 2. The van der Waals surface area contributed by atoms with Crippen molar-refractivity contribution in [1.82, 2.24) is 5.32 Å². The lowest BCUT2D eigenvalue weighted by Crippen LogP contribution is -2.46. The highest BCUT2D eigenvalue weighted by Gasteiger charge is 2.35.